The number of aromatic nitrogens is 1. The molecule has 0 saturated carbocycles. The summed E-state index contributed by atoms with van der Waals surface area (Å²) in [4.78, 5) is 7.00. The summed E-state index contributed by atoms with van der Waals surface area (Å²) >= 11 is 1.76. The van der Waals surface area contributed by atoms with Crippen molar-refractivity contribution in [2.75, 3.05) is 17.2 Å². The van der Waals surface area contributed by atoms with Gasteiger partial charge in [-0.25, -0.2) is 4.98 Å². The number of rotatable bonds is 4. The van der Waals surface area contributed by atoms with Gasteiger partial charge in [0.1, 0.15) is 5.01 Å². The Morgan fingerprint density at radius 1 is 1.10 bits per heavy atom. The van der Waals surface area contributed by atoms with Gasteiger partial charge in [0.05, 0.1) is 16.8 Å². The first-order valence-corrected chi connectivity index (χ1v) is 7.53. The van der Waals surface area contributed by atoms with E-state index in [9.17, 15) is 0 Å². The number of hydrogen-bond donors (Lipinski definition) is 1. The van der Waals surface area contributed by atoms with E-state index in [0.29, 0.717) is 0 Å². The molecule has 0 aliphatic rings. The summed E-state index contributed by atoms with van der Waals surface area (Å²) in [6.07, 6.45) is 0. The maximum Gasteiger partial charge on any atom is 0.113 e. The number of anilines is 2. The molecule has 3 nitrogen and oxygen atoms in total. The lowest BCUT2D eigenvalue weighted by atomic mass is 10.2. The second-order valence-electron chi connectivity index (χ2n) is 4.68. The SMILES string of the molecule is CCN(Cc1nc2ccccc2s1)c1ccc(N)cc1. The summed E-state index contributed by atoms with van der Waals surface area (Å²) in [6, 6.07) is 16.3. The first kappa shape index (κ1) is 12.9. The van der Waals surface area contributed by atoms with Gasteiger partial charge in [-0.1, -0.05) is 12.1 Å². The van der Waals surface area contributed by atoms with Crippen LogP contribution in [0.15, 0.2) is 48.5 Å². The summed E-state index contributed by atoms with van der Waals surface area (Å²) in [6.45, 7) is 3.93. The van der Waals surface area contributed by atoms with Crippen LogP contribution in [0, 0.1) is 0 Å². The fraction of sp³-hybridized carbons (Fsp3) is 0.188. The fourth-order valence-corrected chi connectivity index (χ4v) is 3.20. The zero-order valence-corrected chi connectivity index (χ0v) is 12.2. The van der Waals surface area contributed by atoms with Crippen molar-refractivity contribution in [2.24, 2.45) is 0 Å². The molecule has 4 heteroatoms. The molecule has 2 aromatic carbocycles. The third-order valence-corrected chi connectivity index (χ3v) is 4.33. The van der Waals surface area contributed by atoms with Crippen molar-refractivity contribution in [1.82, 2.24) is 4.98 Å². The smallest absolute Gasteiger partial charge is 0.113 e. The Bertz CT molecular complexity index is 670. The van der Waals surface area contributed by atoms with Gasteiger partial charge in [-0.3, -0.25) is 0 Å². The number of thiazole rings is 1. The highest BCUT2D eigenvalue weighted by Crippen LogP contribution is 2.25. The molecule has 0 radical (unpaired) electrons. The topological polar surface area (TPSA) is 42.2 Å². The molecule has 20 heavy (non-hydrogen) atoms. The van der Waals surface area contributed by atoms with Crippen LogP contribution in [0.3, 0.4) is 0 Å². The van der Waals surface area contributed by atoms with Crippen molar-refractivity contribution in [3.05, 3.63) is 53.5 Å². The molecule has 3 rings (SSSR count). The van der Waals surface area contributed by atoms with Crippen LogP contribution in [-0.2, 0) is 6.54 Å². The molecule has 0 aliphatic heterocycles. The highest BCUT2D eigenvalue weighted by atomic mass is 32.1. The molecule has 0 aliphatic carbocycles. The zero-order chi connectivity index (χ0) is 13.9. The van der Waals surface area contributed by atoms with E-state index in [-0.39, 0.29) is 0 Å². The summed E-state index contributed by atoms with van der Waals surface area (Å²) in [5.41, 5.74) is 8.80. The Morgan fingerprint density at radius 2 is 1.85 bits per heavy atom. The molecule has 1 heterocycles. The van der Waals surface area contributed by atoms with E-state index in [2.05, 4.69) is 42.2 Å². The van der Waals surface area contributed by atoms with Crippen LogP contribution in [0.1, 0.15) is 11.9 Å². The molecule has 0 atom stereocenters. The van der Waals surface area contributed by atoms with Crippen LogP contribution in [0.4, 0.5) is 11.4 Å². The molecule has 0 saturated heterocycles. The minimum Gasteiger partial charge on any atom is -0.399 e. The highest BCUT2D eigenvalue weighted by Gasteiger charge is 2.09. The standard InChI is InChI=1S/C16H17N3S/c1-2-19(13-9-7-12(17)8-10-13)11-16-18-14-5-3-4-6-15(14)20-16/h3-10H,2,11,17H2,1H3. The Kier molecular flexibility index (Phi) is 3.56. The van der Waals surface area contributed by atoms with Gasteiger partial charge in [0, 0.05) is 17.9 Å². The maximum atomic E-state index is 5.74. The third kappa shape index (κ3) is 2.60. The van der Waals surface area contributed by atoms with Gasteiger partial charge in [-0.05, 0) is 43.3 Å². The molecule has 3 aromatic rings. The van der Waals surface area contributed by atoms with Crippen LogP contribution in [0.2, 0.25) is 0 Å². The van der Waals surface area contributed by atoms with E-state index in [4.69, 9.17) is 10.7 Å². The summed E-state index contributed by atoms with van der Waals surface area (Å²) in [5.74, 6) is 0. The molecule has 0 spiro atoms. The largest absolute Gasteiger partial charge is 0.399 e. The average Bonchev–Trinajstić information content (AvgIpc) is 2.88. The number of benzene rings is 2. The number of fused-ring (bicyclic) bond motifs is 1. The van der Waals surface area contributed by atoms with Crippen molar-refractivity contribution < 1.29 is 0 Å². The molecular formula is C16H17N3S. The number of nitrogen functional groups attached to an aromatic ring is 1. The average molecular weight is 283 g/mol. The van der Waals surface area contributed by atoms with Gasteiger partial charge >= 0.3 is 0 Å². The normalized spacial score (nSPS) is 10.8. The van der Waals surface area contributed by atoms with Gasteiger partial charge in [0.25, 0.3) is 0 Å². The van der Waals surface area contributed by atoms with Gasteiger partial charge < -0.3 is 10.6 Å². The molecule has 0 fully saturated rings. The van der Waals surface area contributed by atoms with E-state index >= 15 is 0 Å². The second kappa shape index (κ2) is 5.51. The fourth-order valence-electron chi connectivity index (χ4n) is 2.22. The Balaban J connectivity index is 1.85. The van der Waals surface area contributed by atoms with E-state index in [1.807, 2.05) is 18.2 Å². The molecule has 102 valence electrons. The van der Waals surface area contributed by atoms with Crippen LogP contribution >= 0.6 is 11.3 Å². The van der Waals surface area contributed by atoms with Crippen LogP contribution < -0.4 is 10.6 Å². The quantitative estimate of drug-likeness (QED) is 0.738. The van der Waals surface area contributed by atoms with Gasteiger partial charge in [0.2, 0.25) is 0 Å². The number of para-hydroxylation sites is 1. The molecule has 1 aromatic heterocycles. The second-order valence-corrected chi connectivity index (χ2v) is 5.80. The zero-order valence-electron chi connectivity index (χ0n) is 11.4. The lowest BCUT2D eigenvalue weighted by molar-refractivity contribution is 0.827. The summed E-state index contributed by atoms with van der Waals surface area (Å²) < 4.78 is 1.25. The maximum absolute atomic E-state index is 5.74. The number of nitrogens with two attached hydrogens (primary N) is 1. The first-order chi connectivity index (χ1) is 9.76. The van der Waals surface area contributed by atoms with Crippen molar-refractivity contribution >= 4 is 32.9 Å². The van der Waals surface area contributed by atoms with E-state index in [1.165, 1.54) is 10.4 Å². The van der Waals surface area contributed by atoms with E-state index in [1.54, 1.807) is 11.3 Å². The summed E-state index contributed by atoms with van der Waals surface area (Å²) in [5, 5.41) is 1.14. The van der Waals surface area contributed by atoms with E-state index < -0.39 is 0 Å². The monoisotopic (exact) mass is 283 g/mol. The van der Waals surface area contributed by atoms with Crippen molar-refractivity contribution in [1.29, 1.82) is 0 Å². The van der Waals surface area contributed by atoms with Gasteiger partial charge in [0.15, 0.2) is 0 Å². The summed E-state index contributed by atoms with van der Waals surface area (Å²) in [7, 11) is 0. The number of hydrogen-bond acceptors (Lipinski definition) is 4. The Hall–Kier alpha value is -2.07. The van der Waals surface area contributed by atoms with Gasteiger partial charge in [-0.2, -0.15) is 0 Å². The molecule has 2 N–H and O–H groups in total. The molecular weight excluding hydrogens is 266 g/mol. The van der Waals surface area contributed by atoms with Crippen molar-refractivity contribution in [3.8, 4) is 0 Å². The van der Waals surface area contributed by atoms with Crippen molar-refractivity contribution in [3.63, 3.8) is 0 Å². The Morgan fingerprint density at radius 3 is 2.55 bits per heavy atom. The van der Waals surface area contributed by atoms with Gasteiger partial charge in [-0.15, -0.1) is 11.3 Å². The van der Waals surface area contributed by atoms with Crippen LogP contribution in [-0.4, -0.2) is 11.5 Å². The minimum atomic E-state index is 0.796. The van der Waals surface area contributed by atoms with Crippen LogP contribution in [0.5, 0.6) is 0 Å². The Labute approximate surface area is 122 Å². The predicted molar refractivity (Wildman–Crippen MR) is 87.2 cm³/mol. The lowest BCUT2D eigenvalue weighted by Crippen LogP contribution is -2.21. The predicted octanol–water partition coefficient (Wildman–Crippen LogP) is 3.91. The van der Waals surface area contributed by atoms with Crippen molar-refractivity contribution in [2.45, 2.75) is 13.5 Å². The lowest BCUT2D eigenvalue weighted by Gasteiger charge is -2.21. The molecule has 0 bridgehead atoms. The van der Waals surface area contributed by atoms with E-state index in [0.717, 1.165) is 29.3 Å². The molecule has 0 amide bonds. The number of nitrogens with zero attached hydrogens (tertiary/aromatic N) is 2. The third-order valence-electron chi connectivity index (χ3n) is 3.30. The molecule has 0 unspecified atom stereocenters. The first-order valence-electron chi connectivity index (χ1n) is 6.71. The van der Waals surface area contributed by atoms with Crippen LogP contribution in [0.25, 0.3) is 10.2 Å². The minimum absolute atomic E-state index is 0.796. The highest BCUT2D eigenvalue weighted by molar-refractivity contribution is 7.18.